The predicted molar refractivity (Wildman–Crippen MR) is 61.9 cm³/mol. The van der Waals surface area contributed by atoms with Gasteiger partial charge in [-0.2, -0.15) is 0 Å². The molecule has 88 valence electrons. The van der Waals surface area contributed by atoms with E-state index in [-0.39, 0.29) is 0 Å². The summed E-state index contributed by atoms with van der Waals surface area (Å²) in [6.45, 7) is 8.03. The molecule has 0 atom stereocenters. The molecular weight excluding hydrogens is 210 g/mol. The predicted octanol–water partition coefficient (Wildman–Crippen LogP) is 2.25. The first-order chi connectivity index (χ1) is 7.18. The molecule has 0 radical (unpaired) electrons. The van der Waals surface area contributed by atoms with Gasteiger partial charge in [-0.05, 0) is 39.3 Å². The van der Waals surface area contributed by atoms with Crippen molar-refractivity contribution in [1.29, 1.82) is 0 Å². The van der Waals surface area contributed by atoms with E-state index < -0.39 is 8.56 Å². The maximum Gasteiger partial charge on any atom is 0.334 e. The first-order valence-corrected chi connectivity index (χ1v) is 8.02. The third-order valence-electron chi connectivity index (χ3n) is 2.11. The molecule has 4 nitrogen and oxygen atoms in total. The van der Waals surface area contributed by atoms with Gasteiger partial charge in [-0.1, -0.05) is 0 Å². The van der Waals surface area contributed by atoms with Gasteiger partial charge in [-0.3, -0.25) is 0 Å². The van der Waals surface area contributed by atoms with Crippen LogP contribution in [0.15, 0.2) is 4.99 Å². The Labute approximate surface area is 92.9 Å². The minimum absolute atomic E-state index is 0.562. The van der Waals surface area contributed by atoms with Crippen LogP contribution in [0.5, 0.6) is 0 Å². The minimum Gasteiger partial charge on any atom is -0.395 e. The van der Waals surface area contributed by atoms with Gasteiger partial charge in [0.25, 0.3) is 0 Å². The van der Waals surface area contributed by atoms with Crippen molar-refractivity contribution in [2.75, 3.05) is 19.8 Å². The summed E-state index contributed by atoms with van der Waals surface area (Å²) in [6.07, 6.45) is 3.43. The summed E-state index contributed by atoms with van der Waals surface area (Å²) in [6, 6.07) is 0.961. The summed E-state index contributed by atoms with van der Waals surface area (Å²) in [5.74, 6) is 0. The van der Waals surface area contributed by atoms with Crippen LogP contribution < -0.4 is 0 Å². The van der Waals surface area contributed by atoms with Gasteiger partial charge in [-0.15, -0.1) is 0 Å². The fourth-order valence-electron chi connectivity index (χ4n) is 1.48. The molecule has 0 bridgehead atoms. The molecule has 0 fully saturated rings. The zero-order valence-electron chi connectivity index (χ0n) is 9.91. The summed E-state index contributed by atoms with van der Waals surface area (Å²) < 4.78 is 11.4. The molecule has 0 aliphatic heterocycles. The zero-order chi connectivity index (χ0) is 11.6. The largest absolute Gasteiger partial charge is 0.395 e. The van der Waals surface area contributed by atoms with Gasteiger partial charge in [0.2, 0.25) is 6.08 Å². The molecule has 0 aromatic carbocycles. The summed E-state index contributed by atoms with van der Waals surface area (Å²) >= 11 is 0. The number of hydrogen-bond acceptors (Lipinski definition) is 4. The van der Waals surface area contributed by atoms with E-state index in [1.54, 1.807) is 0 Å². The monoisotopic (exact) mass is 231 g/mol. The van der Waals surface area contributed by atoms with Gasteiger partial charge in [0, 0.05) is 13.2 Å². The zero-order valence-corrected chi connectivity index (χ0v) is 10.9. The van der Waals surface area contributed by atoms with E-state index in [9.17, 15) is 4.79 Å². The fourth-order valence-corrected chi connectivity index (χ4v) is 3.96. The Balaban J connectivity index is 3.79. The Hall–Kier alpha value is -0.483. The lowest BCUT2D eigenvalue weighted by atomic mass is 10.3. The molecule has 0 heterocycles. The molecular formula is C10H21NO3Si. The van der Waals surface area contributed by atoms with Crippen LogP contribution in [0, 0.1) is 0 Å². The van der Waals surface area contributed by atoms with Crippen LogP contribution in [0.3, 0.4) is 0 Å². The molecule has 0 unspecified atom stereocenters. The summed E-state index contributed by atoms with van der Waals surface area (Å²) in [5.41, 5.74) is 0. The number of nitrogens with zero attached hydrogens (tertiary/aromatic N) is 1. The van der Waals surface area contributed by atoms with Crippen LogP contribution in [-0.2, 0) is 13.6 Å². The Kier molecular flexibility index (Phi) is 8.51. The van der Waals surface area contributed by atoms with Crippen LogP contribution in [0.2, 0.25) is 12.6 Å². The highest BCUT2D eigenvalue weighted by Crippen LogP contribution is 2.16. The molecule has 15 heavy (non-hydrogen) atoms. The van der Waals surface area contributed by atoms with Crippen molar-refractivity contribution in [3.63, 3.8) is 0 Å². The maximum absolute atomic E-state index is 9.84. The first kappa shape index (κ1) is 14.5. The van der Waals surface area contributed by atoms with Gasteiger partial charge in [0.05, 0.1) is 6.54 Å². The van der Waals surface area contributed by atoms with Gasteiger partial charge in [-0.25, -0.2) is 9.79 Å². The molecule has 0 N–H and O–H groups in total. The van der Waals surface area contributed by atoms with Gasteiger partial charge < -0.3 is 8.85 Å². The van der Waals surface area contributed by atoms with E-state index in [4.69, 9.17) is 8.85 Å². The number of isocyanates is 1. The van der Waals surface area contributed by atoms with Gasteiger partial charge in [0.15, 0.2) is 0 Å². The van der Waals surface area contributed by atoms with Crippen LogP contribution in [-0.4, -0.2) is 34.4 Å². The number of rotatable bonds is 9. The molecule has 0 aliphatic carbocycles. The normalized spacial score (nSPS) is 11.1. The van der Waals surface area contributed by atoms with E-state index >= 15 is 0 Å². The molecule has 0 aromatic rings. The van der Waals surface area contributed by atoms with Crippen molar-refractivity contribution >= 4 is 14.6 Å². The lowest BCUT2D eigenvalue weighted by Crippen LogP contribution is -2.38. The third-order valence-corrected chi connectivity index (χ3v) is 5.18. The van der Waals surface area contributed by atoms with Crippen molar-refractivity contribution < 1.29 is 13.6 Å². The number of carbonyl (C=O) groups excluding carboxylic acids is 1. The van der Waals surface area contributed by atoms with Crippen molar-refractivity contribution in [3.8, 4) is 0 Å². The SMILES string of the molecule is CCO[Si](C)(CCCCN=C=O)OCC. The topological polar surface area (TPSA) is 47.9 Å². The number of aliphatic imine (C=N–C) groups is 1. The Bertz CT molecular complexity index is 199. The van der Waals surface area contributed by atoms with Crippen molar-refractivity contribution in [3.05, 3.63) is 0 Å². The lowest BCUT2D eigenvalue weighted by molar-refractivity contribution is 0.188. The highest BCUT2D eigenvalue weighted by atomic mass is 28.4. The fraction of sp³-hybridized carbons (Fsp3) is 0.900. The Morgan fingerprint density at radius 3 is 2.27 bits per heavy atom. The lowest BCUT2D eigenvalue weighted by Gasteiger charge is -2.25. The standard InChI is InChI=1S/C10H21NO3Si/c1-4-13-15(3,14-5-2)9-7-6-8-11-10-12/h4-9H2,1-3H3. The number of unbranched alkanes of at least 4 members (excludes halogenated alkanes) is 1. The van der Waals surface area contributed by atoms with Gasteiger partial charge >= 0.3 is 8.56 Å². The molecule has 5 heteroatoms. The van der Waals surface area contributed by atoms with Crippen LogP contribution in [0.25, 0.3) is 0 Å². The average Bonchev–Trinajstić information content (AvgIpc) is 2.18. The molecule has 0 saturated carbocycles. The second-order valence-electron chi connectivity index (χ2n) is 3.43. The first-order valence-electron chi connectivity index (χ1n) is 5.50. The minimum atomic E-state index is -1.95. The van der Waals surface area contributed by atoms with Crippen LogP contribution in [0.4, 0.5) is 0 Å². The second-order valence-corrected chi connectivity index (χ2v) is 6.77. The van der Waals surface area contributed by atoms with E-state index in [1.165, 1.54) is 6.08 Å². The van der Waals surface area contributed by atoms with E-state index in [1.807, 2.05) is 13.8 Å². The highest BCUT2D eigenvalue weighted by molar-refractivity contribution is 6.66. The maximum atomic E-state index is 9.84. The molecule has 0 rings (SSSR count). The van der Waals surface area contributed by atoms with Crippen molar-refractivity contribution in [1.82, 2.24) is 0 Å². The van der Waals surface area contributed by atoms with E-state index in [0.717, 1.165) is 18.9 Å². The molecule has 0 aliphatic rings. The Morgan fingerprint density at radius 1 is 1.20 bits per heavy atom. The molecule has 0 amide bonds. The highest BCUT2D eigenvalue weighted by Gasteiger charge is 2.29. The van der Waals surface area contributed by atoms with Crippen molar-refractivity contribution in [2.24, 2.45) is 4.99 Å². The number of hydrogen-bond donors (Lipinski definition) is 0. The van der Waals surface area contributed by atoms with E-state index in [2.05, 4.69) is 11.5 Å². The summed E-state index contributed by atoms with van der Waals surface area (Å²) in [7, 11) is -1.95. The van der Waals surface area contributed by atoms with Crippen LogP contribution >= 0.6 is 0 Å². The quantitative estimate of drug-likeness (QED) is 0.265. The molecule has 0 aromatic heterocycles. The second kappa shape index (κ2) is 8.80. The molecule has 0 spiro atoms. The Morgan fingerprint density at radius 2 is 1.80 bits per heavy atom. The summed E-state index contributed by atoms with van der Waals surface area (Å²) in [5, 5.41) is 0. The smallest absolute Gasteiger partial charge is 0.334 e. The van der Waals surface area contributed by atoms with Gasteiger partial charge in [0.1, 0.15) is 0 Å². The molecule has 0 saturated heterocycles. The van der Waals surface area contributed by atoms with Crippen molar-refractivity contribution in [2.45, 2.75) is 39.3 Å². The summed E-state index contributed by atoms with van der Waals surface area (Å²) in [4.78, 5) is 13.3. The average molecular weight is 231 g/mol. The third kappa shape index (κ3) is 7.45. The van der Waals surface area contributed by atoms with E-state index in [0.29, 0.717) is 19.8 Å². The van der Waals surface area contributed by atoms with Crippen LogP contribution in [0.1, 0.15) is 26.7 Å².